The lowest BCUT2D eigenvalue weighted by atomic mass is 10.1. The van der Waals surface area contributed by atoms with Crippen LogP contribution in [0.3, 0.4) is 0 Å². The number of unbranched alkanes of at least 4 members (excludes halogenated alkanes) is 2. The van der Waals surface area contributed by atoms with Crippen LogP contribution in [-0.2, 0) is 11.2 Å². The highest BCUT2D eigenvalue weighted by Crippen LogP contribution is 2.05. The average molecular weight is 266 g/mol. The molecular weight excluding hydrogens is 243 g/mol. The van der Waals surface area contributed by atoms with Crippen molar-refractivity contribution < 1.29 is 9.18 Å². The molecule has 0 unspecified atom stereocenters. The molecule has 0 aliphatic rings. The topological polar surface area (TPSA) is 41.1 Å². The summed E-state index contributed by atoms with van der Waals surface area (Å²) in [5, 5.41) is 5.88. The molecule has 106 valence electrons. The Morgan fingerprint density at radius 1 is 1.21 bits per heavy atom. The van der Waals surface area contributed by atoms with Crippen molar-refractivity contribution in [2.45, 2.75) is 32.6 Å². The maximum Gasteiger partial charge on any atom is 0.233 e. The first-order valence-electron chi connectivity index (χ1n) is 6.95. The van der Waals surface area contributed by atoms with Crippen LogP contribution in [0.5, 0.6) is 0 Å². The van der Waals surface area contributed by atoms with E-state index >= 15 is 0 Å². The maximum atomic E-state index is 13.3. The predicted octanol–water partition coefficient (Wildman–Crippen LogP) is 2.26. The van der Waals surface area contributed by atoms with Crippen molar-refractivity contribution in [2.24, 2.45) is 0 Å². The first-order valence-corrected chi connectivity index (χ1v) is 6.95. The van der Waals surface area contributed by atoms with E-state index in [0.717, 1.165) is 13.0 Å². The smallest absolute Gasteiger partial charge is 0.233 e. The fourth-order valence-corrected chi connectivity index (χ4v) is 1.80. The van der Waals surface area contributed by atoms with Gasteiger partial charge < -0.3 is 10.6 Å². The molecular formula is C15H23FN2O. The van der Waals surface area contributed by atoms with Gasteiger partial charge in [-0.3, -0.25) is 4.79 Å². The minimum atomic E-state index is -0.213. The predicted molar refractivity (Wildman–Crippen MR) is 75.5 cm³/mol. The summed E-state index contributed by atoms with van der Waals surface area (Å²) >= 11 is 0. The van der Waals surface area contributed by atoms with E-state index in [4.69, 9.17) is 0 Å². The Hall–Kier alpha value is -1.42. The molecule has 4 heteroatoms. The van der Waals surface area contributed by atoms with E-state index in [1.165, 1.54) is 18.9 Å². The minimum Gasteiger partial charge on any atom is -0.355 e. The molecule has 1 amide bonds. The van der Waals surface area contributed by atoms with Crippen LogP contribution in [0.1, 0.15) is 31.7 Å². The highest BCUT2D eigenvalue weighted by atomic mass is 19.1. The summed E-state index contributed by atoms with van der Waals surface area (Å²) in [6.07, 6.45) is 3.98. The van der Waals surface area contributed by atoms with Crippen LogP contribution in [-0.4, -0.2) is 25.5 Å². The molecule has 0 heterocycles. The second kappa shape index (κ2) is 9.50. The van der Waals surface area contributed by atoms with Crippen LogP contribution < -0.4 is 10.6 Å². The zero-order valence-corrected chi connectivity index (χ0v) is 11.5. The average Bonchev–Trinajstić information content (AvgIpc) is 2.41. The third-order valence-electron chi connectivity index (χ3n) is 2.92. The Labute approximate surface area is 114 Å². The monoisotopic (exact) mass is 266 g/mol. The van der Waals surface area contributed by atoms with Gasteiger partial charge in [-0.15, -0.1) is 0 Å². The quantitative estimate of drug-likeness (QED) is 0.673. The van der Waals surface area contributed by atoms with Crippen molar-refractivity contribution in [3.63, 3.8) is 0 Å². The number of amides is 1. The summed E-state index contributed by atoms with van der Waals surface area (Å²) in [5.74, 6) is -0.248. The van der Waals surface area contributed by atoms with Gasteiger partial charge in [0.2, 0.25) is 5.91 Å². The molecule has 1 aromatic rings. The zero-order chi connectivity index (χ0) is 13.9. The first-order chi connectivity index (χ1) is 9.24. The molecule has 1 aromatic carbocycles. The van der Waals surface area contributed by atoms with Crippen LogP contribution >= 0.6 is 0 Å². The van der Waals surface area contributed by atoms with Gasteiger partial charge in [0.25, 0.3) is 0 Å². The molecule has 0 saturated heterocycles. The van der Waals surface area contributed by atoms with E-state index in [2.05, 4.69) is 17.6 Å². The fourth-order valence-electron chi connectivity index (χ4n) is 1.80. The van der Waals surface area contributed by atoms with Crippen molar-refractivity contribution in [3.05, 3.63) is 35.6 Å². The van der Waals surface area contributed by atoms with Crippen molar-refractivity contribution >= 4 is 5.91 Å². The molecule has 3 nitrogen and oxygen atoms in total. The number of halogens is 1. The van der Waals surface area contributed by atoms with Crippen LogP contribution in [0, 0.1) is 5.82 Å². The summed E-state index contributed by atoms with van der Waals surface area (Å²) in [5.41, 5.74) is 0.638. The molecule has 0 aromatic heterocycles. The number of hydrogen-bond acceptors (Lipinski definition) is 2. The van der Waals surface area contributed by atoms with E-state index in [0.29, 0.717) is 25.1 Å². The SMILES string of the molecule is CCCCCNCC(=O)NCCc1ccccc1F. The number of rotatable bonds is 9. The molecule has 0 spiro atoms. The summed E-state index contributed by atoms with van der Waals surface area (Å²) in [6, 6.07) is 6.64. The number of carbonyl (C=O) groups excluding carboxylic acids is 1. The molecule has 19 heavy (non-hydrogen) atoms. The molecule has 0 atom stereocenters. The molecule has 0 aliphatic carbocycles. The molecule has 0 aliphatic heterocycles. The maximum absolute atomic E-state index is 13.3. The van der Waals surface area contributed by atoms with Crippen LogP contribution in [0.15, 0.2) is 24.3 Å². The highest BCUT2D eigenvalue weighted by Gasteiger charge is 2.02. The van der Waals surface area contributed by atoms with Crippen molar-refractivity contribution in [1.29, 1.82) is 0 Å². The number of hydrogen-bond donors (Lipinski definition) is 2. The second-order valence-corrected chi connectivity index (χ2v) is 4.58. The lowest BCUT2D eigenvalue weighted by Gasteiger charge is -2.07. The van der Waals surface area contributed by atoms with Gasteiger partial charge >= 0.3 is 0 Å². The van der Waals surface area contributed by atoms with Crippen molar-refractivity contribution in [1.82, 2.24) is 10.6 Å². The Kier molecular flexibility index (Phi) is 7.82. The fraction of sp³-hybridized carbons (Fsp3) is 0.533. The Morgan fingerprint density at radius 3 is 2.74 bits per heavy atom. The zero-order valence-electron chi connectivity index (χ0n) is 11.5. The Balaban J connectivity index is 2.09. The summed E-state index contributed by atoms with van der Waals surface area (Å²) in [6.45, 7) is 3.82. The first kappa shape index (κ1) is 15.6. The minimum absolute atomic E-state index is 0.0344. The van der Waals surface area contributed by atoms with Gasteiger partial charge in [0.05, 0.1) is 6.54 Å². The van der Waals surface area contributed by atoms with Gasteiger partial charge in [0.1, 0.15) is 5.82 Å². The van der Waals surface area contributed by atoms with Gasteiger partial charge in [-0.2, -0.15) is 0 Å². The van der Waals surface area contributed by atoms with Crippen molar-refractivity contribution in [3.8, 4) is 0 Å². The lowest BCUT2D eigenvalue weighted by Crippen LogP contribution is -2.35. The lowest BCUT2D eigenvalue weighted by molar-refractivity contribution is -0.120. The summed E-state index contributed by atoms with van der Waals surface area (Å²) in [4.78, 5) is 11.5. The molecule has 0 radical (unpaired) electrons. The largest absolute Gasteiger partial charge is 0.355 e. The van der Waals surface area contributed by atoms with Gasteiger partial charge in [0.15, 0.2) is 0 Å². The third kappa shape index (κ3) is 6.91. The second-order valence-electron chi connectivity index (χ2n) is 4.58. The van der Waals surface area contributed by atoms with Gasteiger partial charge in [0, 0.05) is 6.54 Å². The molecule has 0 fully saturated rings. The Morgan fingerprint density at radius 2 is 2.00 bits per heavy atom. The number of benzene rings is 1. The van der Waals surface area contributed by atoms with E-state index in [-0.39, 0.29) is 11.7 Å². The van der Waals surface area contributed by atoms with E-state index in [1.54, 1.807) is 18.2 Å². The normalized spacial score (nSPS) is 10.4. The molecule has 0 saturated carbocycles. The van der Waals surface area contributed by atoms with Crippen LogP contribution in [0.25, 0.3) is 0 Å². The van der Waals surface area contributed by atoms with E-state index < -0.39 is 0 Å². The highest BCUT2D eigenvalue weighted by molar-refractivity contribution is 5.77. The Bertz CT molecular complexity index is 382. The summed E-state index contributed by atoms with van der Waals surface area (Å²) < 4.78 is 13.3. The van der Waals surface area contributed by atoms with E-state index in [1.807, 2.05) is 0 Å². The number of nitrogens with one attached hydrogen (secondary N) is 2. The van der Waals surface area contributed by atoms with Gasteiger partial charge in [-0.25, -0.2) is 4.39 Å². The van der Waals surface area contributed by atoms with Gasteiger partial charge in [-0.1, -0.05) is 38.0 Å². The summed E-state index contributed by atoms with van der Waals surface area (Å²) in [7, 11) is 0. The standard InChI is InChI=1S/C15H23FN2O/c1-2-3-6-10-17-12-15(19)18-11-9-13-7-4-5-8-14(13)16/h4-5,7-8,17H,2-3,6,9-12H2,1H3,(H,18,19). The van der Waals surface area contributed by atoms with E-state index in [9.17, 15) is 9.18 Å². The van der Waals surface area contributed by atoms with Gasteiger partial charge in [-0.05, 0) is 31.0 Å². The molecule has 0 bridgehead atoms. The van der Waals surface area contributed by atoms with Crippen molar-refractivity contribution in [2.75, 3.05) is 19.6 Å². The molecule has 1 rings (SSSR count). The van der Waals surface area contributed by atoms with Crippen LogP contribution in [0.2, 0.25) is 0 Å². The third-order valence-corrected chi connectivity index (χ3v) is 2.92. The number of carbonyl (C=O) groups is 1. The molecule has 2 N–H and O–H groups in total. The van der Waals surface area contributed by atoms with Crippen LogP contribution in [0.4, 0.5) is 4.39 Å².